The van der Waals surface area contributed by atoms with Crippen molar-refractivity contribution in [1.82, 2.24) is 0 Å². The Kier molecular flexibility index (Phi) is 13.9. The smallest absolute Gasteiger partial charge is 0.316 e. The average molecular weight is 827 g/mol. The summed E-state index contributed by atoms with van der Waals surface area (Å²) in [5.74, 6) is -2.46. The van der Waals surface area contributed by atoms with Gasteiger partial charge in [0.25, 0.3) is 0 Å². The molecule has 6 heterocycles. The number of aliphatic hydroxyl groups is 2. The number of allylic oxidation sites excluding steroid dienone is 2. The maximum Gasteiger partial charge on any atom is 0.316 e. The number of ether oxygens (including phenoxy) is 9. The van der Waals surface area contributed by atoms with Crippen LogP contribution in [0.1, 0.15) is 93.4 Å². The molecule has 2 bridgehead atoms. The number of aliphatic hydroxyl groups excluding tert-OH is 1. The molecule has 0 aromatic heterocycles. The minimum absolute atomic E-state index is 0.0363. The third kappa shape index (κ3) is 9.31. The maximum atomic E-state index is 14.3. The normalized spacial score (nSPS) is 44.9. The van der Waals surface area contributed by atoms with Crippen LogP contribution in [0.15, 0.2) is 59.3 Å². The van der Waals surface area contributed by atoms with Gasteiger partial charge in [0.15, 0.2) is 24.2 Å². The van der Waals surface area contributed by atoms with E-state index in [1.807, 2.05) is 32.1 Å². The molecule has 13 nitrogen and oxygen atoms in total. The Bertz CT molecular complexity index is 1680. The predicted molar refractivity (Wildman–Crippen MR) is 216 cm³/mol. The average Bonchev–Trinajstić information content (AvgIpc) is 3.55. The zero-order valence-corrected chi connectivity index (χ0v) is 36.0. The number of esters is 1. The summed E-state index contributed by atoms with van der Waals surface area (Å²) in [6.07, 6.45) is 11.1. The molecule has 4 fully saturated rings. The third-order valence-electron chi connectivity index (χ3n) is 13.6. The van der Waals surface area contributed by atoms with Crippen LogP contribution in [-0.2, 0) is 52.2 Å². The van der Waals surface area contributed by atoms with Crippen molar-refractivity contribution in [3.8, 4) is 0 Å². The lowest BCUT2D eigenvalue weighted by Gasteiger charge is -2.48. The van der Waals surface area contributed by atoms with Crippen molar-refractivity contribution in [2.45, 2.75) is 172 Å². The number of methoxy groups -OCH3 is 1. The molecule has 1 spiro atoms. The van der Waals surface area contributed by atoms with Gasteiger partial charge >= 0.3 is 5.97 Å². The Morgan fingerprint density at radius 3 is 2.49 bits per heavy atom. The number of hydrogen-bond acceptors (Lipinski definition) is 13. The van der Waals surface area contributed by atoms with Crippen molar-refractivity contribution in [3.05, 3.63) is 59.3 Å². The van der Waals surface area contributed by atoms with Gasteiger partial charge in [0.1, 0.15) is 42.5 Å². The first-order chi connectivity index (χ1) is 28.1. The molecule has 0 amide bonds. The third-order valence-corrected chi connectivity index (χ3v) is 13.6. The van der Waals surface area contributed by atoms with Gasteiger partial charge in [-0.3, -0.25) is 9.59 Å². The Hall–Kier alpha value is -2.56. The molecule has 0 saturated carbocycles. The second-order valence-electron chi connectivity index (χ2n) is 18.0. The second-order valence-corrected chi connectivity index (χ2v) is 18.0. The highest BCUT2D eigenvalue weighted by atomic mass is 16.7. The number of ketones is 1. The van der Waals surface area contributed by atoms with E-state index in [2.05, 4.69) is 39.8 Å². The van der Waals surface area contributed by atoms with E-state index in [1.165, 1.54) is 0 Å². The first-order valence-electron chi connectivity index (χ1n) is 21.8. The maximum absolute atomic E-state index is 14.3. The van der Waals surface area contributed by atoms with Crippen molar-refractivity contribution in [1.29, 1.82) is 0 Å². The van der Waals surface area contributed by atoms with Gasteiger partial charge in [-0.1, -0.05) is 70.6 Å². The first-order valence-corrected chi connectivity index (χ1v) is 21.8. The van der Waals surface area contributed by atoms with E-state index in [0.717, 1.165) is 12.0 Å². The van der Waals surface area contributed by atoms with E-state index in [-0.39, 0.29) is 55.1 Å². The lowest BCUT2D eigenvalue weighted by Crippen LogP contribution is -2.58. The summed E-state index contributed by atoms with van der Waals surface area (Å²) in [6, 6.07) is 0. The molecule has 0 aromatic rings. The first kappa shape index (κ1) is 44.5. The van der Waals surface area contributed by atoms with E-state index in [9.17, 15) is 19.8 Å². The van der Waals surface area contributed by atoms with E-state index >= 15 is 0 Å². The Morgan fingerprint density at radius 1 is 0.966 bits per heavy atom. The van der Waals surface area contributed by atoms with Crippen molar-refractivity contribution < 1.29 is 62.4 Å². The van der Waals surface area contributed by atoms with Crippen LogP contribution in [0.3, 0.4) is 0 Å². The number of fused-ring (bicyclic) bond motifs is 2. The lowest BCUT2D eigenvalue weighted by molar-refractivity contribution is -0.300. The molecule has 59 heavy (non-hydrogen) atoms. The molecule has 1 aliphatic carbocycles. The molecular formula is C46H66O13. The zero-order chi connectivity index (χ0) is 42.2. The van der Waals surface area contributed by atoms with Gasteiger partial charge in [0, 0.05) is 51.0 Å². The molecular weight excluding hydrogens is 760 g/mol. The molecule has 4 saturated heterocycles. The highest BCUT2D eigenvalue weighted by molar-refractivity contribution is 5.80. The molecule has 0 aromatic carbocycles. The molecule has 328 valence electrons. The molecule has 0 radical (unpaired) electrons. The largest absolute Gasteiger partial charge is 0.462 e. The van der Waals surface area contributed by atoms with Gasteiger partial charge in [0.2, 0.25) is 0 Å². The van der Waals surface area contributed by atoms with Crippen LogP contribution >= 0.6 is 0 Å². The lowest BCUT2D eigenvalue weighted by atomic mass is 9.71. The van der Waals surface area contributed by atoms with Crippen molar-refractivity contribution >= 4 is 11.8 Å². The fourth-order valence-electron chi connectivity index (χ4n) is 9.96. The molecule has 2 N–H and O–H groups in total. The standard InChI is InChI=1S/C46H66O13/c1-9-25(2)41-28(5)17-18-45(59-41)22-34-20-33(58-45)15-13-27(4)40(57-38-21-36(51-8)42(30(7)54-38)56-37-16-14-32(47)24-52-37)26(3)11-10-12-31-23-53-43-39(48)29(6)19-35(44(49)55-34)46(31,43)50/h10-13,17-19,25-26,28,30,33-43,48,50H,9,14-16,20-24H2,1-8H3/t25?,26?,28-,30-,33+,34-,35-,36-,37?,38?,39+,40-,41+,42-,43+,45+,46+/m0/s1. The van der Waals surface area contributed by atoms with Crippen LogP contribution in [0.25, 0.3) is 0 Å². The quantitative estimate of drug-likeness (QED) is 0.243. The summed E-state index contributed by atoms with van der Waals surface area (Å²) in [5.41, 5.74) is 0.152. The van der Waals surface area contributed by atoms with Gasteiger partial charge in [-0.2, -0.15) is 0 Å². The fourth-order valence-corrected chi connectivity index (χ4v) is 9.96. The number of carbonyl (C=O) groups excluding carboxylic acids is 2. The fraction of sp³-hybridized carbons (Fsp3) is 0.739. The van der Waals surface area contributed by atoms with Crippen molar-refractivity contribution in [3.63, 3.8) is 0 Å². The minimum atomic E-state index is -1.83. The molecule has 7 rings (SSSR count). The molecule has 4 unspecified atom stereocenters. The molecule has 7 aliphatic rings. The number of Topliss-reactive ketones (excluding diaryl/α,β-unsaturated/α-hetero) is 1. The van der Waals surface area contributed by atoms with Crippen molar-refractivity contribution in [2.24, 2.45) is 23.7 Å². The topological polar surface area (TPSA) is 158 Å². The summed E-state index contributed by atoms with van der Waals surface area (Å²) in [4.78, 5) is 26.1. The summed E-state index contributed by atoms with van der Waals surface area (Å²) in [6.45, 7) is 14.3. The summed E-state index contributed by atoms with van der Waals surface area (Å²) >= 11 is 0. The minimum Gasteiger partial charge on any atom is -0.462 e. The van der Waals surface area contributed by atoms with E-state index in [0.29, 0.717) is 49.7 Å². The monoisotopic (exact) mass is 826 g/mol. The van der Waals surface area contributed by atoms with Gasteiger partial charge in [-0.05, 0) is 55.9 Å². The highest BCUT2D eigenvalue weighted by Gasteiger charge is 2.60. The van der Waals surface area contributed by atoms with Crippen LogP contribution < -0.4 is 0 Å². The second kappa shape index (κ2) is 18.4. The van der Waals surface area contributed by atoms with Gasteiger partial charge in [-0.25, -0.2) is 0 Å². The van der Waals surface area contributed by atoms with Crippen LogP contribution in [0.4, 0.5) is 0 Å². The van der Waals surface area contributed by atoms with Gasteiger partial charge in [-0.15, -0.1) is 0 Å². The summed E-state index contributed by atoms with van der Waals surface area (Å²) in [5, 5.41) is 23.7. The molecule has 6 aliphatic heterocycles. The molecule has 13 heteroatoms. The van der Waals surface area contributed by atoms with E-state index in [1.54, 1.807) is 26.2 Å². The van der Waals surface area contributed by atoms with Crippen LogP contribution in [-0.4, -0.2) is 121 Å². The Morgan fingerprint density at radius 2 is 1.76 bits per heavy atom. The Labute approximate surface area is 349 Å². The van der Waals surface area contributed by atoms with Gasteiger partial charge < -0.3 is 52.8 Å². The van der Waals surface area contributed by atoms with E-state index in [4.69, 9.17) is 42.6 Å². The van der Waals surface area contributed by atoms with E-state index < -0.39 is 72.5 Å². The number of rotatable bonds is 7. The van der Waals surface area contributed by atoms with Crippen LogP contribution in [0, 0.1) is 23.7 Å². The Balaban J connectivity index is 1.20. The van der Waals surface area contributed by atoms with Crippen LogP contribution in [0.5, 0.6) is 0 Å². The summed E-state index contributed by atoms with van der Waals surface area (Å²) < 4.78 is 57.4. The number of hydrogen-bond donors (Lipinski definition) is 2. The SMILES string of the molecule is CCC(C)[C@H]1O[C@]2(C=C[C@@H]1C)C[C@@H]1C[C@@H](CC=C(C)[C@@H](OC3C[C@H](OC)[C@@H](OC4CCC(=O)CO4)[C@H](C)O3)C(C)C=CC=C3CO[C@@H]4[C@H](O)C(C)=C[C@@H](C(=O)O1)[C@]34O)O2. The predicted octanol–water partition coefficient (Wildman–Crippen LogP) is 5.57. The zero-order valence-electron chi connectivity index (χ0n) is 36.0. The summed E-state index contributed by atoms with van der Waals surface area (Å²) in [7, 11) is 1.65. The molecule has 17 atom stereocenters. The van der Waals surface area contributed by atoms with Crippen LogP contribution in [0.2, 0.25) is 0 Å². The highest BCUT2D eigenvalue weighted by Crippen LogP contribution is 2.47. The van der Waals surface area contributed by atoms with Gasteiger partial charge in [0.05, 0.1) is 37.1 Å². The van der Waals surface area contributed by atoms with Crippen molar-refractivity contribution in [2.75, 3.05) is 20.3 Å². The number of carbonyl (C=O) groups is 2.